The predicted molar refractivity (Wildman–Crippen MR) is 81.8 cm³/mol. The molecule has 1 atom stereocenters. The predicted octanol–water partition coefficient (Wildman–Crippen LogP) is 2.39. The van der Waals surface area contributed by atoms with Crippen LogP contribution in [-0.4, -0.2) is 25.8 Å². The number of sulfonamides is 1. The van der Waals surface area contributed by atoms with Gasteiger partial charge in [0.05, 0.1) is 5.75 Å². The highest BCUT2D eigenvalue weighted by Crippen LogP contribution is 2.21. The lowest BCUT2D eigenvalue weighted by atomic mass is 9.94. The molecule has 1 aromatic carbocycles. The zero-order valence-corrected chi connectivity index (χ0v) is 13.8. The van der Waals surface area contributed by atoms with Crippen LogP contribution in [-0.2, 0) is 15.6 Å². The van der Waals surface area contributed by atoms with Gasteiger partial charge in [-0.25, -0.2) is 17.5 Å². The van der Waals surface area contributed by atoms with Crippen molar-refractivity contribution in [3.8, 4) is 0 Å². The van der Waals surface area contributed by atoms with Crippen LogP contribution in [0.5, 0.6) is 0 Å². The number of halogens is 1. The van der Waals surface area contributed by atoms with Crippen LogP contribution in [0.2, 0.25) is 0 Å². The van der Waals surface area contributed by atoms with Crippen molar-refractivity contribution < 1.29 is 17.9 Å². The second-order valence-electron chi connectivity index (χ2n) is 6.73. The average molecular weight is 317 g/mol. The van der Waals surface area contributed by atoms with Crippen LogP contribution in [0.25, 0.3) is 0 Å². The molecule has 0 radical (unpaired) electrons. The van der Waals surface area contributed by atoms with Crippen LogP contribution in [0.1, 0.15) is 39.7 Å². The van der Waals surface area contributed by atoms with Crippen LogP contribution in [0.15, 0.2) is 24.3 Å². The van der Waals surface area contributed by atoms with E-state index < -0.39 is 21.4 Å². The molecule has 0 aliphatic rings. The van der Waals surface area contributed by atoms with Gasteiger partial charge in [-0.2, -0.15) is 0 Å². The number of rotatable bonds is 6. The third-order valence-electron chi connectivity index (χ3n) is 3.22. The third kappa shape index (κ3) is 6.54. The van der Waals surface area contributed by atoms with Crippen LogP contribution in [0.3, 0.4) is 0 Å². The summed E-state index contributed by atoms with van der Waals surface area (Å²) in [5.41, 5.74) is -1.00. The van der Waals surface area contributed by atoms with E-state index in [1.54, 1.807) is 0 Å². The molecule has 0 aromatic heterocycles. The molecule has 4 nitrogen and oxygen atoms in total. The number of hydrogen-bond donors (Lipinski definition) is 2. The molecule has 0 spiro atoms. The molecule has 0 aliphatic carbocycles. The molecule has 0 aliphatic heterocycles. The average Bonchev–Trinajstić information content (AvgIpc) is 2.34. The van der Waals surface area contributed by atoms with Crippen molar-refractivity contribution in [2.45, 2.75) is 39.7 Å². The van der Waals surface area contributed by atoms with Crippen molar-refractivity contribution in [1.82, 2.24) is 4.72 Å². The minimum Gasteiger partial charge on any atom is -0.384 e. The highest BCUT2D eigenvalue weighted by atomic mass is 32.2. The summed E-state index contributed by atoms with van der Waals surface area (Å²) < 4.78 is 39.1. The summed E-state index contributed by atoms with van der Waals surface area (Å²) >= 11 is 0. The summed E-state index contributed by atoms with van der Waals surface area (Å²) in [5.74, 6) is -0.393. The Morgan fingerprint density at radius 3 is 2.14 bits per heavy atom. The Balaban J connectivity index is 2.66. The molecular weight excluding hydrogens is 293 g/mol. The number of benzene rings is 1. The van der Waals surface area contributed by atoms with Crippen molar-refractivity contribution in [3.63, 3.8) is 0 Å². The molecule has 2 N–H and O–H groups in total. The molecule has 0 heterocycles. The molecule has 120 valence electrons. The highest BCUT2D eigenvalue weighted by Gasteiger charge is 2.26. The Labute approximate surface area is 126 Å². The van der Waals surface area contributed by atoms with Gasteiger partial charge < -0.3 is 5.11 Å². The maximum atomic E-state index is 12.9. The number of aliphatic hydroxyl groups is 1. The first-order chi connectivity index (χ1) is 9.41. The Bertz CT molecular complexity index is 560. The fourth-order valence-electron chi connectivity index (χ4n) is 1.67. The lowest BCUT2D eigenvalue weighted by Gasteiger charge is -2.25. The Morgan fingerprint density at radius 2 is 1.67 bits per heavy atom. The number of nitrogens with one attached hydrogen (secondary N) is 1. The Hall–Kier alpha value is -0.980. The highest BCUT2D eigenvalue weighted by molar-refractivity contribution is 7.89. The lowest BCUT2D eigenvalue weighted by Crippen LogP contribution is -2.40. The van der Waals surface area contributed by atoms with Gasteiger partial charge >= 0.3 is 0 Å². The summed E-state index contributed by atoms with van der Waals surface area (Å²) in [6.45, 7) is 7.25. The fourth-order valence-corrected chi connectivity index (χ4v) is 3.20. The van der Waals surface area contributed by atoms with Crippen LogP contribution >= 0.6 is 0 Å². The molecule has 21 heavy (non-hydrogen) atoms. The van der Waals surface area contributed by atoms with Gasteiger partial charge in [-0.05, 0) is 36.5 Å². The molecule has 6 heteroatoms. The van der Waals surface area contributed by atoms with E-state index >= 15 is 0 Å². The first kappa shape index (κ1) is 18.1. The minimum atomic E-state index is -3.45. The van der Waals surface area contributed by atoms with E-state index in [4.69, 9.17) is 0 Å². The molecule has 0 amide bonds. The summed E-state index contributed by atoms with van der Waals surface area (Å²) in [4.78, 5) is 0. The van der Waals surface area contributed by atoms with Gasteiger partial charge in [0.2, 0.25) is 10.0 Å². The molecule has 0 saturated heterocycles. The van der Waals surface area contributed by atoms with E-state index in [0.29, 0.717) is 12.0 Å². The second-order valence-corrected chi connectivity index (χ2v) is 8.66. The monoisotopic (exact) mass is 317 g/mol. The van der Waals surface area contributed by atoms with Gasteiger partial charge in [-0.3, -0.25) is 0 Å². The fraction of sp³-hybridized carbons (Fsp3) is 0.600. The van der Waals surface area contributed by atoms with E-state index in [9.17, 15) is 17.9 Å². The van der Waals surface area contributed by atoms with E-state index in [2.05, 4.69) is 4.72 Å². The molecule has 0 fully saturated rings. The lowest BCUT2D eigenvalue weighted by molar-refractivity contribution is 0.0627. The van der Waals surface area contributed by atoms with E-state index in [0.717, 1.165) is 0 Å². The summed E-state index contributed by atoms with van der Waals surface area (Å²) in [7, 11) is -3.45. The summed E-state index contributed by atoms with van der Waals surface area (Å²) in [6.07, 6.45) is 0.529. The van der Waals surface area contributed by atoms with Crippen LogP contribution in [0.4, 0.5) is 4.39 Å². The smallest absolute Gasteiger partial charge is 0.211 e. The van der Waals surface area contributed by atoms with Gasteiger partial charge in [-0.15, -0.1) is 0 Å². The molecule has 0 saturated carbocycles. The Morgan fingerprint density at radius 1 is 1.14 bits per heavy atom. The third-order valence-corrected chi connectivity index (χ3v) is 4.55. The van der Waals surface area contributed by atoms with Crippen molar-refractivity contribution in [3.05, 3.63) is 35.6 Å². The molecular formula is C15H24FNO3S. The topological polar surface area (TPSA) is 66.4 Å². The van der Waals surface area contributed by atoms with Gasteiger partial charge in [0.25, 0.3) is 0 Å². The molecule has 1 rings (SSSR count). The quantitative estimate of drug-likeness (QED) is 0.846. The van der Waals surface area contributed by atoms with E-state index in [-0.39, 0.29) is 17.7 Å². The van der Waals surface area contributed by atoms with E-state index in [1.807, 2.05) is 20.8 Å². The first-order valence-corrected chi connectivity index (χ1v) is 8.52. The SMILES string of the molecule is CC(C)(C)CCS(=O)(=O)NCC(C)(O)c1ccc(F)cc1. The van der Waals surface area contributed by atoms with E-state index in [1.165, 1.54) is 31.2 Å². The van der Waals surface area contributed by atoms with Crippen LogP contribution in [0, 0.1) is 11.2 Å². The largest absolute Gasteiger partial charge is 0.384 e. The van der Waals surface area contributed by atoms with Gasteiger partial charge in [0, 0.05) is 6.54 Å². The first-order valence-electron chi connectivity index (χ1n) is 6.87. The zero-order valence-electron chi connectivity index (χ0n) is 13.0. The van der Waals surface area contributed by atoms with Crippen molar-refractivity contribution >= 4 is 10.0 Å². The van der Waals surface area contributed by atoms with Crippen molar-refractivity contribution in [1.29, 1.82) is 0 Å². The zero-order chi connectivity index (χ0) is 16.3. The molecule has 0 bridgehead atoms. The van der Waals surface area contributed by atoms with Crippen LogP contribution < -0.4 is 4.72 Å². The summed E-state index contributed by atoms with van der Waals surface area (Å²) in [5, 5.41) is 10.3. The second kappa shape index (κ2) is 6.42. The van der Waals surface area contributed by atoms with Crippen molar-refractivity contribution in [2.24, 2.45) is 5.41 Å². The standard InChI is InChI=1S/C15H24FNO3S/c1-14(2,3)9-10-21(19,20)17-11-15(4,18)12-5-7-13(16)8-6-12/h5-8,17-18H,9-11H2,1-4H3. The normalized spacial score (nSPS) is 15.7. The van der Waals surface area contributed by atoms with Crippen molar-refractivity contribution in [2.75, 3.05) is 12.3 Å². The Kier molecular flexibility index (Phi) is 5.52. The minimum absolute atomic E-state index is 0.00992. The maximum absolute atomic E-state index is 12.9. The van der Waals surface area contributed by atoms with Gasteiger partial charge in [-0.1, -0.05) is 32.9 Å². The maximum Gasteiger partial charge on any atom is 0.211 e. The molecule has 1 aromatic rings. The molecule has 1 unspecified atom stereocenters. The summed E-state index contributed by atoms with van der Waals surface area (Å²) in [6, 6.07) is 5.35. The number of hydrogen-bond acceptors (Lipinski definition) is 3. The van der Waals surface area contributed by atoms with Gasteiger partial charge in [0.15, 0.2) is 0 Å². The van der Waals surface area contributed by atoms with Gasteiger partial charge in [0.1, 0.15) is 11.4 Å².